The highest BCUT2D eigenvalue weighted by Crippen LogP contribution is 2.41. The Morgan fingerprint density at radius 2 is 0.833 bits per heavy atom. The molecule has 1 aromatic heterocycles. The van der Waals surface area contributed by atoms with E-state index in [2.05, 4.69) is 253 Å². The third kappa shape index (κ3) is 7.00. The molecule has 1 unspecified atom stereocenters. The van der Waals surface area contributed by atoms with Crippen LogP contribution < -0.4 is 25.4 Å². The first kappa shape index (κ1) is 37.3. The Kier molecular flexibility index (Phi) is 10.4. The number of thiophene rings is 1. The van der Waals surface area contributed by atoms with Crippen molar-refractivity contribution >= 4 is 89.3 Å². The number of anilines is 6. The van der Waals surface area contributed by atoms with Crippen molar-refractivity contribution in [3.05, 3.63) is 248 Å². The number of hydrogen-bond acceptors (Lipinski definition) is 3. The molecule has 0 bridgehead atoms. The van der Waals surface area contributed by atoms with Crippen LogP contribution >= 0.6 is 11.3 Å². The van der Waals surface area contributed by atoms with E-state index in [0.717, 1.165) is 47.0 Å². The first-order chi connectivity index (χ1) is 29.8. The average molecular weight is 805 g/mol. The van der Waals surface area contributed by atoms with Crippen molar-refractivity contribution in [3.63, 3.8) is 0 Å². The Bertz CT molecular complexity index is 2930. The summed E-state index contributed by atoms with van der Waals surface area (Å²) in [4.78, 5) is 4.78. The molecule has 10 rings (SSSR count). The van der Waals surface area contributed by atoms with E-state index in [1.807, 2.05) is 11.3 Å². The van der Waals surface area contributed by atoms with Crippen molar-refractivity contribution in [2.24, 2.45) is 0 Å². The number of allylic oxidation sites excluding steroid dienone is 6. The van der Waals surface area contributed by atoms with Crippen LogP contribution in [0.5, 0.6) is 0 Å². The minimum Gasteiger partial charge on any atom is -0.311 e. The van der Waals surface area contributed by atoms with Gasteiger partial charge in [-0.2, -0.15) is 0 Å². The summed E-state index contributed by atoms with van der Waals surface area (Å²) in [6, 6.07) is 78.1. The van der Waals surface area contributed by atoms with E-state index in [1.165, 1.54) is 40.9 Å². The molecule has 60 heavy (non-hydrogen) atoms. The molecular weight excluding hydrogens is 761 g/mol. The van der Waals surface area contributed by atoms with Gasteiger partial charge >= 0.3 is 0 Å². The first-order valence-electron chi connectivity index (χ1n) is 20.7. The van der Waals surface area contributed by atoms with Crippen molar-refractivity contribution in [3.8, 4) is 0 Å². The number of hydrogen-bond donors (Lipinski definition) is 0. The smallest absolute Gasteiger partial charge is 0.179 e. The predicted octanol–water partition coefficient (Wildman–Crippen LogP) is 13.8. The lowest BCUT2D eigenvalue weighted by Crippen LogP contribution is -2.68. The quantitative estimate of drug-likeness (QED) is 0.0772. The summed E-state index contributed by atoms with van der Waals surface area (Å²) in [5.41, 5.74) is 6.78. The van der Waals surface area contributed by atoms with Gasteiger partial charge in [0.2, 0.25) is 0 Å². The fourth-order valence-corrected chi connectivity index (χ4v) is 14.9. The van der Waals surface area contributed by atoms with Gasteiger partial charge in [-0.05, 0) is 119 Å². The Balaban J connectivity index is 1.18. The minimum atomic E-state index is -2.93. The van der Waals surface area contributed by atoms with Gasteiger partial charge in [0, 0.05) is 54.3 Å². The van der Waals surface area contributed by atoms with Gasteiger partial charge in [0.15, 0.2) is 8.07 Å². The molecule has 2 nitrogen and oxygen atoms in total. The molecule has 1 heterocycles. The van der Waals surface area contributed by atoms with Crippen LogP contribution in [0.1, 0.15) is 12.8 Å². The van der Waals surface area contributed by atoms with Crippen LogP contribution in [0, 0.1) is 0 Å². The zero-order chi connectivity index (χ0) is 40.1. The number of rotatable bonds is 10. The van der Waals surface area contributed by atoms with Crippen molar-refractivity contribution in [1.82, 2.24) is 0 Å². The van der Waals surface area contributed by atoms with Gasteiger partial charge in [0.25, 0.3) is 0 Å². The molecule has 4 heteroatoms. The highest BCUT2D eigenvalue weighted by molar-refractivity contribution is 7.25. The number of benzene rings is 8. The molecule has 0 radical (unpaired) electrons. The highest BCUT2D eigenvalue weighted by atomic mass is 32.1. The lowest BCUT2D eigenvalue weighted by Gasteiger charge is -2.37. The second-order valence-corrected chi connectivity index (χ2v) is 20.1. The van der Waals surface area contributed by atoms with E-state index in [-0.39, 0.29) is 0 Å². The number of fused-ring (bicyclic) bond motifs is 3. The van der Waals surface area contributed by atoms with Crippen molar-refractivity contribution < 1.29 is 0 Å². The van der Waals surface area contributed by atoms with Gasteiger partial charge in [-0.1, -0.05) is 158 Å². The normalized spacial score (nSPS) is 15.6. The van der Waals surface area contributed by atoms with Gasteiger partial charge in [-0.15, -0.1) is 11.3 Å². The topological polar surface area (TPSA) is 6.48 Å². The van der Waals surface area contributed by atoms with Crippen LogP contribution in [0.15, 0.2) is 248 Å². The zero-order valence-corrected chi connectivity index (χ0v) is 35.1. The molecule has 0 saturated heterocycles. The van der Waals surface area contributed by atoms with Crippen molar-refractivity contribution in [2.75, 3.05) is 9.80 Å². The molecule has 0 saturated carbocycles. The van der Waals surface area contributed by atoms with Crippen LogP contribution in [0.4, 0.5) is 34.1 Å². The average Bonchev–Trinajstić information content (AvgIpc) is 3.68. The van der Waals surface area contributed by atoms with Gasteiger partial charge in [0.05, 0.1) is 0 Å². The standard InChI is InChI=1S/C56H44N2SSi/c1-2-14-28-49(29-15-3-1)60(50-30-16-7-17-31-50,52-32-20-27-47(41-52)57(43-21-8-4-9-22-43)44-23-10-5-11-24-44)51-38-35-46(36-39-51)58(45-25-12-6-13-26-45)48-37-40-56-54(42-48)53-33-18-19-34-55(53)59-56/h1-2,4-13,15-42H,3,14H2/b2-1-,29-15-,49-28+. The summed E-state index contributed by atoms with van der Waals surface area (Å²) in [7, 11) is -2.93. The summed E-state index contributed by atoms with van der Waals surface area (Å²) in [5.74, 6) is 0. The molecule has 288 valence electrons. The van der Waals surface area contributed by atoms with E-state index in [1.54, 1.807) is 0 Å². The summed E-state index contributed by atoms with van der Waals surface area (Å²) in [5, 5.41) is 8.02. The lowest BCUT2D eigenvalue weighted by atomic mass is 10.1. The monoisotopic (exact) mass is 804 g/mol. The van der Waals surface area contributed by atoms with Gasteiger partial charge in [0.1, 0.15) is 0 Å². The molecule has 8 aromatic carbocycles. The van der Waals surface area contributed by atoms with E-state index in [0.29, 0.717) is 0 Å². The van der Waals surface area contributed by atoms with E-state index < -0.39 is 8.07 Å². The molecule has 9 aromatic rings. The van der Waals surface area contributed by atoms with Crippen LogP contribution in [0.25, 0.3) is 20.2 Å². The molecule has 0 fully saturated rings. The Morgan fingerprint density at radius 3 is 1.50 bits per heavy atom. The van der Waals surface area contributed by atoms with Crippen LogP contribution in [-0.2, 0) is 0 Å². The maximum atomic E-state index is 2.48. The Labute approximate surface area is 358 Å². The number of para-hydroxylation sites is 3. The Morgan fingerprint density at radius 1 is 0.350 bits per heavy atom. The van der Waals surface area contributed by atoms with Crippen molar-refractivity contribution in [1.29, 1.82) is 0 Å². The van der Waals surface area contributed by atoms with Crippen LogP contribution in [0.3, 0.4) is 0 Å². The second-order valence-electron chi connectivity index (χ2n) is 15.2. The maximum absolute atomic E-state index is 2.93. The molecule has 0 aliphatic heterocycles. The fraction of sp³-hybridized carbons (Fsp3) is 0.0357. The molecule has 1 aliphatic rings. The lowest BCUT2D eigenvalue weighted by molar-refractivity contribution is 1.28. The molecule has 0 amide bonds. The summed E-state index contributed by atoms with van der Waals surface area (Å²) in [6.07, 6.45) is 13.6. The zero-order valence-electron chi connectivity index (χ0n) is 33.3. The Hall–Kier alpha value is -6.98. The molecule has 0 N–H and O–H groups in total. The summed E-state index contributed by atoms with van der Waals surface area (Å²) < 4.78 is 2.62. The van der Waals surface area contributed by atoms with E-state index in [9.17, 15) is 0 Å². The third-order valence-electron chi connectivity index (χ3n) is 11.6. The van der Waals surface area contributed by atoms with Crippen LogP contribution in [-0.4, -0.2) is 8.07 Å². The summed E-state index contributed by atoms with van der Waals surface area (Å²) >= 11 is 1.86. The fourth-order valence-electron chi connectivity index (χ4n) is 8.91. The SMILES string of the molecule is C1=C\C/C=C([Si](c2ccccc2)(c2ccc(N(c3ccccc3)c3ccc4sc5ccccc5c4c3)cc2)c2cccc(N(c3ccccc3)c3ccccc3)c2)\C=C/C/1. The largest absolute Gasteiger partial charge is 0.311 e. The number of nitrogens with zero attached hydrogens (tertiary/aromatic N) is 2. The third-order valence-corrected chi connectivity index (χ3v) is 17.6. The highest BCUT2D eigenvalue weighted by Gasteiger charge is 2.42. The minimum absolute atomic E-state index is 0.890. The molecule has 0 spiro atoms. The van der Waals surface area contributed by atoms with Gasteiger partial charge in [-0.25, -0.2) is 0 Å². The first-order valence-corrected chi connectivity index (χ1v) is 23.5. The molecule has 1 aliphatic carbocycles. The van der Waals surface area contributed by atoms with Crippen LogP contribution in [0.2, 0.25) is 0 Å². The maximum Gasteiger partial charge on any atom is 0.179 e. The van der Waals surface area contributed by atoms with E-state index in [4.69, 9.17) is 0 Å². The van der Waals surface area contributed by atoms with E-state index >= 15 is 0 Å². The van der Waals surface area contributed by atoms with Gasteiger partial charge in [-0.3, -0.25) is 0 Å². The molecular formula is C56H44N2SSi. The van der Waals surface area contributed by atoms with Crippen molar-refractivity contribution in [2.45, 2.75) is 12.8 Å². The second kappa shape index (κ2) is 16.7. The van der Waals surface area contributed by atoms with Gasteiger partial charge < -0.3 is 9.80 Å². The summed E-state index contributed by atoms with van der Waals surface area (Å²) in [6.45, 7) is 0. The predicted molar refractivity (Wildman–Crippen MR) is 262 cm³/mol. The molecule has 1 atom stereocenters.